The van der Waals surface area contributed by atoms with Crippen LogP contribution in [-0.4, -0.2) is 65.2 Å². The minimum absolute atomic E-state index is 0.0223. The molecule has 0 aromatic rings. The van der Waals surface area contributed by atoms with Crippen molar-refractivity contribution in [3.05, 3.63) is 0 Å². The molecule has 0 aromatic heterocycles. The molecule has 2 N–H and O–H groups in total. The monoisotopic (exact) mass is 297 g/mol. The first kappa shape index (κ1) is 16.1. The number of likely N-dealkylation sites (tertiary alicyclic amines) is 1. The first-order valence-corrected chi connectivity index (χ1v) is 7.97. The second-order valence-electron chi connectivity index (χ2n) is 6.50. The highest BCUT2D eigenvalue weighted by atomic mass is 16.4. The molecule has 1 heterocycles. The predicted octanol–water partition coefficient (Wildman–Crippen LogP) is 1.37. The maximum absolute atomic E-state index is 12.2. The lowest BCUT2D eigenvalue weighted by atomic mass is 10.1. The normalized spacial score (nSPS) is 22.5. The molecule has 2 aliphatic rings. The molecule has 1 saturated heterocycles. The number of rotatable bonds is 7. The number of carbonyl (C=O) groups excluding carboxylic acids is 1. The Morgan fingerprint density at radius 1 is 1.33 bits per heavy atom. The Balaban J connectivity index is 1.73. The van der Waals surface area contributed by atoms with E-state index < -0.39 is 5.97 Å². The largest absolute Gasteiger partial charge is 0.481 e. The molecule has 0 spiro atoms. The molecule has 1 saturated carbocycles. The standard InChI is InChI=1S/C15H27N3O3/c1-11(2)17-7-5-12(10-17)9-16-15(21)18(13-3-4-13)8-6-14(19)20/h11-13H,3-10H2,1-2H3,(H,16,21)(H,19,20). The van der Waals surface area contributed by atoms with E-state index in [0.717, 1.165) is 32.4 Å². The zero-order valence-corrected chi connectivity index (χ0v) is 13.0. The number of hydrogen-bond donors (Lipinski definition) is 2. The van der Waals surface area contributed by atoms with Crippen LogP contribution in [0.15, 0.2) is 0 Å². The number of urea groups is 1. The van der Waals surface area contributed by atoms with Gasteiger partial charge < -0.3 is 20.2 Å². The average molecular weight is 297 g/mol. The van der Waals surface area contributed by atoms with Crippen LogP contribution >= 0.6 is 0 Å². The number of aliphatic carboxylic acids is 1. The summed E-state index contributed by atoms with van der Waals surface area (Å²) < 4.78 is 0. The van der Waals surface area contributed by atoms with Gasteiger partial charge in [0.15, 0.2) is 0 Å². The van der Waals surface area contributed by atoms with E-state index in [1.165, 1.54) is 0 Å². The summed E-state index contributed by atoms with van der Waals surface area (Å²) in [7, 11) is 0. The van der Waals surface area contributed by atoms with Gasteiger partial charge in [0, 0.05) is 31.7 Å². The van der Waals surface area contributed by atoms with Gasteiger partial charge in [-0.2, -0.15) is 0 Å². The molecule has 0 aromatic carbocycles. The van der Waals surface area contributed by atoms with Crippen molar-refractivity contribution in [2.24, 2.45) is 5.92 Å². The minimum Gasteiger partial charge on any atom is -0.481 e. The summed E-state index contributed by atoms with van der Waals surface area (Å²) in [5.74, 6) is -0.339. The third kappa shape index (κ3) is 4.88. The van der Waals surface area contributed by atoms with Gasteiger partial charge in [-0.3, -0.25) is 4.79 Å². The molecule has 0 bridgehead atoms. The van der Waals surface area contributed by atoms with E-state index in [0.29, 0.717) is 25.0 Å². The predicted molar refractivity (Wildman–Crippen MR) is 80.2 cm³/mol. The van der Waals surface area contributed by atoms with Gasteiger partial charge in [0.05, 0.1) is 6.42 Å². The zero-order valence-electron chi connectivity index (χ0n) is 13.0. The third-order valence-electron chi connectivity index (χ3n) is 4.40. The number of hydrogen-bond acceptors (Lipinski definition) is 3. The second-order valence-corrected chi connectivity index (χ2v) is 6.50. The molecule has 6 nitrogen and oxygen atoms in total. The van der Waals surface area contributed by atoms with Crippen molar-refractivity contribution in [3.63, 3.8) is 0 Å². The fourth-order valence-corrected chi connectivity index (χ4v) is 2.88. The Bertz CT molecular complexity index is 382. The molecule has 0 radical (unpaired) electrons. The fraction of sp³-hybridized carbons (Fsp3) is 0.867. The van der Waals surface area contributed by atoms with E-state index in [1.54, 1.807) is 4.90 Å². The van der Waals surface area contributed by atoms with Gasteiger partial charge in [0.1, 0.15) is 0 Å². The first-order chi connectivity index (χ1) is 9.97. The minimum atomic E-state index is -0.850. The Hall–Kier alpha value is -1.30. The molecule has 1 aliphatic carbocycles. The van der Waals surface area contributed by atoms with Gasteiger partial charge in [-0.15, -0.1) is 0 Å². The van der Waals surface area contributed by atoms with Crippen LogP contribution in [0.2, 0.25) is 0 Å². The number of carboxylic acids is 1. The molecule has 1 aliphatic heterocycles. The second kappa shape index (κ2) is 7.11. The van der Waals surface area contributed by atoms with E-state index in [4.69, 9.17) is 5.11 Å². The van der Waals surface area contributed by atoms with Gasteiger partial charge in [-0.05, 0) is 45.6 Å². The van der Waals surface area contributed by atoms with E-state index in [2.05, 4.69) is 24.1 Å². The van der Waals surface area contributed by atoms with E-state index in [1.807, 2.05) is 0 Å². The van der Waals surface area contributed by atoms with Gasteiger partial charge in [0.25, 0.3) is 0 Å². The van der Waals surface area contributed by atoms with E-state index >= 15 is 0 Å². The molecule has 2 rings (SSSR count). The lowest BCUT2D eigenvalue weighted by molar-refractivity contribution is -0.137. The molecule has 120 valence electrons. The summed E-state index contributed by atoms with van der Waals surface area (Å²) in [5, 5.41) is 11.8. The summed E-state index contributed by atoms with van der Waals surface area (Å²) in [5.41, 5.74) is 0. The molecule has 6 heteroatoms. The lowest BCUT2D eigenvalue weighted by Crippen LogP contribution is -2.44. The van der Waals surface area contributed by atoms with Gasteiger partial charge in [-0.25, -0.2) is 4.79 Å². The smallest absolute Gasteiger partial charge is 0.317 e. The average Bonchev–Trinajstić information content (AvgIpc) is 3.13. The quantitative estimate of drug-likeness (QED) is 0.744. The van der Waals surface area contributed by atoms with Crippen molar-refractivity contribution in [2.45, 2.75) is 51.6 Å². The summed E-state index contributed by atoms with van der Waals surface area (Å²) >= 11 is 0. The van der Waals surface area contributed by atoms with Gasteiger partial charge in [-0.1, -0.05) is 0 Å². The first-order valence-electron chi connectivity index (χ1n) is 7.97. The molecule has 21 heavy (non-hydrogen) atoms. The molecule has 2 amide bonds. The van der Waals surface area contributed by atoms with Crippen LogP contribution in [-0.2, 0) is 4.79 Å². The summed E-state index contributed by atoms with van der Waals surface area (Å²) in [6, 6.07) is 0.714. The summed E-state index contributed by atoms with van der Waals surface area (Å²) in [4.78, 5) is 27.0. The highest BCUT2D eigenvalue weighted by molar-refractivity contribution is 5.76. The molecular formula is C15H27N3O3. The van der Waals surface area contributed by atoms with Crippen LogP contribution in [0.3, 0.4) is 0 Å². The molecular weight excluding hydrogens is 270 g/mol. The number of carbonyl (C=O) groups is 2. The Labute approximate surface area is 126 Å². The fourth-order valence-electron chi connectivity index (χ4n) is 2.88. The van der Waals surface area contributed by atoms with Crippen LogP contribution < -0.4 is 5.32 Å². The van der Waals surface area contributed by atoms with Gasteiger partial charge >= 0.3 is 12.0 Å². The number of amides is 2. The van der Waals surface area contributed by atoms with E-state index in [-0.39, 0.29) is 18.5 Å². The molecule has 1 unspecified atom stereocenters. The van der Waals surface area contributed by atoms with Crippen LogP contribution in [0.5, 0.6) is 0 Å². The summed E-state index contributed by atoms with van der Waals surface area (Å²) in [6.45, 7) is 7.54. The summed E-state index contributed by atoms with van der Waals surface area (Å²) in [6.07, 6.45) is 3.14. The number of nitrogens with one attached hydrogen (secondary N) is 1. The lowest BCUT2D eigenvalue weighted by Gasteiger charge is -2.24. The van der Waals surface area contributed by atoms with Gasteiger partial charge in [0.2, 0.25) is 0 Å². The van der Waals surface area contributed by atoms with Crippen molar-refractivity contribution in [1.82, 2.24) is 15.1 Å². The third-order valence-corrected chi connectivity index (χ3v) is 4.40. The van der Waals surface area contributed by atoms with Crippen molar-refractivity contribution in [2.75, 3.05) is 26.2 Å². The Morgan fingerprint density at radius 3 is 2.57 bits per heavy atom. The van der Waals surface area contributed by atoms with Crippen LogP contribution in [0.4, 0.5) is 4.79 Å². The Morgan fingerprint density at radius 2 is 2.05 bits per heavy atom. The van der Waals surface area contributed by atoms with Crippen LogP contribution in [0.1, 0.15) is 39.5 Å². The zero-order chi connectivity index (χ0) is 15.4. The number of carboxylic acid groups (broad SMARTS) is 1. The maximum Gasteiger partial charge on any atom is 0.317 e. The Kier molecular flexibility index (Phi) is 5.45. The maximum atomic E-state index is 12.2. The molecule has 2 fully saturated rings. The van der Waals surface area contributed by atoms with Crippen LogP contribution in [0, 0.1) is 5.92 Å². The highest BCUT2D eigenvalue weighted by Gasteiger charge is 2.33. The van der Waals surface area contributed by atoms with Crippen molar-refractivity contribution in [1.29, 1.82) is 0 Å². The SMILES string of the molecule is CC(C)N1CCC(CNC(=O)N(CCC(=O)O)C2CC2)C1. The topological polar surface area (TPSA) is 72.9 Å². The molecule has 1 atom stereocenters. The number of nitrogens with zero attached hydrogens (tertiary/aromatic N) is 2. The van der Waals surface area contributed by atoms with Crippen molar-refractivity contribution < 1.29 is 14.7 Å². The van der Waals surface area contributed by atoms with Crippen molar-refractivity contribution in [3.8, 4) is 0 Å². The highest BCUT2D eigenvalue weighted by Crippen LogP contribution is 2.27. The van der Waals surface area contributed by atoms with E-state index in [9.17, 15) is 9.59 Å². The van der Waals surface area contributed by atoms with Crippen molar-refractivity contribution >= 4 is 12.0 Å². The van der Waals surface area contributed by atoms with Crippen LogP contribution in [0.25, 0.3) is 0 Å².